The van der Waals surface area contributed by atoms with Crippen LogP contribution in [-0.2, 0) is 9.47 Å². The Kier molecular flexibility index (Phi) is 2.46. The lowest BCUT2D eigenvalue weighted by Crippen LogP contribution is -2.40. The normalized spacial score (nSPS) is 40.7. The van der Waals surface area contributed by atoms with Gasteiger partial charge in [-0.3, -0.25) is 0 Å². The maximum absolute atomic E-state index is 10.9. The van der Waals surface area contributed by atoms with E-state index in [1.54, 1.807) is 0 Å². The summed E-state index contributed by atoms with van der Waals surface area (Å²) in [5.74, 6) is 0.141. The maximum atomic E-state index is 10.9. The Bertz CT molecular complexity index is 310. The first kappa shape index (κ1) is 10.5. The van der Waals surface area contributed by atoms with E-state index in [-0.39, 0.29) is 12.5 Å². The van der Waals surface area contributed by atoms with Gasteiger partial charge in [0.1, 0.15) is 6.61 Å². The van der Waals surface area contributed by atoms with Crippen molar-refractivity contribution in [2.75, 3.05) is 6.61 Å². The van der Waals surface area contributed by atoms with Crippen LogP contribution in [-0.4, -0.2) is 29.6 Å². The smallest absolute Gasteiger partial charge is 0.430 e. The molecule has 15 heavy (non-hydrogen) atoms. The van der Waals surface area contributed by atoms with Crippen LogP contribution < -0.4 is 0 Å². The molecule has 0 amide bonds. The molecule has 4 nitrogen and oxygen atoms in total. The van der Waals surface area contributed by atoms with E-state index in [0.717, 1.165) is 12.0 Å². The number of hydrogen-bond donors (Lipinski definition) is 1. The molecule has 4 heteroatoms. The molecule has 3 unspecified atom stereocenters. The summed E-state index contributed by atoms with van der Waals surface area (Å²) in [6.07, 6.45) is 2.46. The molecule has 0 bridgehead atoms. The maximum Gasteiger partial charge on any atom is 0.509 e. The Morgan fingerprint density at radius 2 is 2.33 bits per heavy atom. The second kappa shape index (κ2) is 3.52. The summed E-state index contributed by atoms with van der Waals surface area (Å²) < 4.78 is 9.99. The lowest BCUT2D eigenvalue weighted by Gasteiger charge is -2.34. The van der Waals surface area contributed by atoms with Crippen LogP contribution in [0.15, 0.2) is 11.6 Å². The topological polar surface area (TPSA) is 55.8 Å². The molecule has 1 fully saturated rings. The Labute approximate surface area is 88.9 Å². The first-order valence-corrected chi connectivity index (χ1v) is 5.22. The molecule has 1 aliphatic heterocycles. The van der Waals surface area contributed by atoms with E-state index in [1.807, 2.05) is 19.9 Å². The van der Waals surface area contributed by atoms with Crippen LogP contribution in [0.3, 0.4) is 0 Å². The number of allylic oxidation sites excluding steroid dienone is 1. The van der Waals surface area contributed by atoms with E-state index in [2.05, 4.69) is 0 Å². The van der Waals surface area contributed by atoms with Gasteiger partial charge in [0.05, 0.1) is 6.10 Å². The first-order valence-electron chi connectivity index (χ1n) is 5.22. The molecule has 0 aromatic carbocycles. The van der Waals surface area contributed by atoms with Gasteiger partial charge in [-0.2, -0.15) is 0 Å². The average Bonchev–Trinajstić information content (AvgIpc) is 2.52. The van der Waals surface area contributed by atoms with Gasteiger partial charge < -0.3 is 14.6 Å². The quantitative estimate of drug-likeness (QED) is 0.530. The molecule has 0 aromatic heterocycles. The monoisotopic (exact) mass is 212 g/mol. The van der Waals surface area contributed by atoms with Crippen molar-refractivity contribution in [3.63, 3.8) is 0 Å². The predicted octanol–water partition coefficient (Wildman–Crippen LogP) is 1.63. The second-order valence-corrected chi connectivity index (χ2v) is 4.59. The molecule has 84 valence electrons. The van der Waals surface area contributed by atoms with E-state index >= 15 is 0 Å². The van der Waals surface area contributed by atoms with Crippen molar-refractivity contribution in [3.8, 4) is 0 Å². The third kappa shape index (κ3) is 1.86. The summed E-state index contributed by atoms with van der Waals surface area (Å²) in [4.78, 5) is 10.9. The molecule has 2 aliphatic rings. The number of cyclic esters (lactones) is 2. The minimum Gasteiger partial charge on any atom is -0.430 e. The Morgan fingerprint density at radius 1 is 1.60 bits per heavy atom. The van der Waals surface area contributed by atoms with Crippen molar-refractivity contribution in [1.29, 1.82) is 0 Å². The van der Waals surface area contributed by atoms with Gasteiger partial charge in [-0.1, -0.05) is 6.08 Å². The SMILES string of the molecule is CC1=CCC(C2(C)COC(=O)O2)CC1O. The van der Waals surface area contributed by atoms with E-state index in [4.69, 9.17) is 9.47 Å². The average molecular weight is 212 g/mol. The first-order chi connectivity index (χ1) is 7.01. The minimum absolute atomic E-state index is 0.141. The van der Waals surface area contributed by atoms with Crippen LogP contribution in [0.2, 0.25) is 0 Å². The fourth-order valence-electron chi connectivity index (χ4n) is 2.17. The molecule has 0 radical (unpaired) electrons. The van der Waals surface area contributed by atoms with Crippen LogP contribution in [0.4, 0.5) is 4.79 Å². The second-order valence-electron chi connectivity index (χ2n) is 4.59. The molecule has 1 N–H and O–H groups in total. The van der Waals surface area contributed by atoms with Crippen molar-refractivity contribution < 1.29 is 19.4 Å². The number of rotatable bonds is 1. The molecule has 1 saturated heterocycles. The largest absolute Gasteiger partial charge is 0.509 e. The third-order valence-corrected chi connectivity index (χ3v) is 3.41. The molecule has 2 rings (SSSR count). The standard InChI is InChI=1S/C11H16O4/c1-7-3-4-8(5-9(7)12)11(2)6-14-10(13)15-11/h3,8-9,12H,4-6H2,1-2H3. The zero-order valence-corrected chi connectivity index (χ0v) is 9.03. The van der Waals surface area contributed by atoms with Gasteiger partial charge in [-0.15, -0.1) is 0 Å². The molecule has 0 spiro atoms. The van der Waals surface area contributed by atoms with Crippen LogP contribution >= 0.6 is 0 Å². The Hall–Kier alpha value is -1.03. The van der Waals surface area contributed by atoms with E-state index in [9.17, 15) is 9.90 Å². The summed E-state index contributed by atoms with van der Waals surface area (Å²) in [7, 11) is 0. The van der Waals surface area contributed by atoms with Crippen molar-refractivity contribution in [2.24, 2.45) is 5.92 Å². The zero-order chi connectivity index (χ0) is 11.1. The predicted molar refractivity (Wildman–Crippen MR) is 53.3 cm³/mol. The summed E-state index contributed by atoms with van der Waals surface area (Å²) in [6, 6.07) is 0. The Morgan fingerprint density at radius 3 is 2.87 bits per heavy atom. The van der Waals surface area contributed by atoms with Crippen molar-refractivity contribution in [3.05, 3.63) is 11.6 Å². The van der Waals surface area contributed by atoms with E-state index < -0.39 is 17.9 Å². The molecular formula is C11H16O4. The number of hydrogen-bond acceptors (Lipinski definition) is 4. The van der Waals surface area contributed by atoms with Crippen LogP contribution in [0.25, 0.3) is 0 Å². The molecule has 1 heterocycles. The van der Waals surface area contributed by atoms with Gasteiger partial charge in [0, 0.05) is 5.92 Å². The van der Waals surface area contributed by atoms with Gasteiger partial charge in [0.15, 0.2) is 5.60 Å². The highest BCUT2D eigenvalue weighted by Crippen LogP contribution is 2.37. The molecule has 0 aromatic rings. The molecule has 0 saturated carbocycles. The molecule has 1 aliphatic carbocycles. The van der Waals surface area contributed by atoms with Gasteiger partial charge in [0.2, 0.25) is 0 Å². The minimum atomic E-state index is -0.599. The highest BCUT2D eigenvalue weighted by Gasteiger charge is 2.45. The number of aliphatic hydroxyl groups excluding tert-OH is 1. The van der Waals surface area contributed by atoms with Crippen LogP contribution in [0.1, 0.15) is 26.7 Å². The molecular weight excluding hydrogens is 196 g/mol. The summed E-state index contributed by atoms with van der Waals surface area (Å²) in [6.45, 7) is 4.07. The number of ether oxygens (including phenoxy) is 2. The van der Waals surface area contributed by atoms with Gasteiger partial charge >= 0.3 is 6.16 Å². The number of carbonyl (C=O) groups excluding carboxylic acids is 1. The van der Waals surface area contributed by atoms with E-state index in [1.165, 1.54) is 0 Å². The fraction of sp³-hybridized carbons (Fsp3) is 0.727. The van der Waals surface area contributed by atoms with Crippen molar-refractivity contribution >= 4 is 6.16 Å². The van der Waals surface area contributed by atoms with Crippen molar-refractivity contribution in [2.45, 2.75) is 38.4 Å². The van der Waals surface area contributed by atoms with Crippen molar-refractivity contribution in [1.82, 2.24) is 0 Å². The summed E-state index contributed by atoms with van der Waals surface area (Å²) in [5, 5.41) is 9.74. The van der Waals surface area contributed by atoms with Gasteiger partial charge in [-0.05, 0) is 32.3 Å². The molecule has 3 atom stereocenters. The highest BCUT2D eigenvalue weighted by atomic mass is 16.8. The summed E-state index contributed by atoms with van der Waals surface area (Å²) >= 11 is 0. The number of carbonyl (C=O) groups is 1. The highest BCUT2D eigenvalue weighted by molar-refractivity contribution is 5.62. The zero-order valence-electron chi connectivity index (χ0n) is 9.03. The van der Waals surface area contributed by atoms with Crippen LogP contribution in [0.5, 0.6) is 0 Å². The lowest BCUT2D eigenvalue weighted by atomic mass is 9.78. The van der Waals surface area contributed by atoms with Crippen LogP contribution in [0, 0.1) is 5.92 Å². The van der Waals surface area contributed by atoms with E-state index in [0.29, 0.717) is 6.42 Å². The third-order valence-electron chi connectivity index (χ3n) is 3.41. The van der Waals surface area contributed by atoms with Gasteiger partial charge in [-0.25, -0.2) is 4.79 Å². The Balaban J connectivity index is 2.09. The number of aliphatic hydroxyl groups is 1. The van der Waals surface area contributed by atoms with Gasteiger partial charge in [0.25, 0.3) is 0 Å². The summed E-state index contributed by atoms with van der Waals surface area (Å²) in [5.41, 5.74) is 0.426. The lowest BCUT2D eigenvalue weighted by molar-refractivity contribution is 0.0000771. The fourth-order valence-corrected chi connectivity index (χ4v) is 2.17.